The lowest BCUT2D eigenvalue weighted by molar-refractivity contribution is -0.148. The van der Waals surface area contributed by atoms with Crippen LogP contribution < -0.4 is 0 Å². The van der Waals surface area contributed by atoms with Crippen molar-refractivity contribution in [3.63, 3.8) is 0 Å². The van der Waals surface area contributed by atoms with E-state index in [4.69, 9.17) is 14.6 Å². The number of esters is 1. The zero-order valence-corrected chi connectivity index (χ0v) is 10.9. The molecular weight excluding hydrogens is 238 g/mol. The van der Waals surface area contributed by atoms with Crippen LogP contribution in [0.3, 0.4) is 0 Å². The van der Waals surface area contributed by atoms with Crippen LogP contribution >= 0.6 is 0 Å². The van der Waals surface area contributed by atoms with Crippen LogP contribution in [0.25, 0.3) is 0 Å². The lowest BCUT2D eigenvalue weighted by Gasteiger charge is -2.29. The molecule has 0 spiro atoms. The first-order valence-corrected chi connectivity index (χ1v) is 5.78. The first-order chi connectivity index (χ1) is 8.28. The predicted octanol–water partition coefficient (Wildman–Crippen LogP) is 1.26. The fourth-order valence-electron chi connectivity index (χ4n) is 1.49. The van der Waals surface area contributed by atoms with Crippen molar-refractivity contribution in [2.45, 2.75) is 32.5 Å². The number of ether oxygens (including phenoxy) is 2. The molecule has 1 heterocycles. The van der Waals surface area contributed by atoms with Crippen molar-refractivity contribution in [2.24, 2.45) is 0 Å². The fraction of sp³-hybridized carbons (Fsp3) is 0.667. The number of rotatable bonds is 2. The maximum Gasteiger partial charge on any atom is 0.407 e. The molecule has 1 N–H and O–H groups in total. The first-order valence-electron chi connectivity index (χ1n) is 5.78. The summed E-state index contributed by atoms with van der Waals surface area (Å²) in [7, 11) is 0. The highest BCUT2D eigenvalue weighted by molar-refractivity contribution is 5.82. The Balaban J connectivity index is 2.46. The van der Waals surface area contributed by atoms with E-state index in [1.165, 1.54) is 17.1 Å². The molecule has 0 aromatic heterocycles. The van der Waals surface area contributed by atoms with Crippen LogP contribution in [-0.2, 0) is 14.3 Å². The SMILES string of the molecule is CC(C)(C)OC(=O)/C=C/C1CN(C(=O)O)CCO1. The molecule has 1 saturated heterocycles. The van der Waals surface area contributed by atoms with Crippen molar-refractivity contribution in [1.82, 2.24) is 4.90 Å². The average Bonchev–Trinajstić information content (AvgIpc) is 2.24. The molecule has 0 radical (unpaired) electrons. The van der Waals surface area contributed by atoms with Gasteiger partial charge in [0.15, 0.2) is 0 Å². The van der Waals surface area contributed by atoms with Gasteiger partial charge in [0, 0.05) is 12.6 Å². The number of carbonyl (C=O) groups excluding carboxylic acids is 1. The summed E-state index contributed by atoms with van der Waals surface area (Å²) in [5, 5.41) is 8.84. The quantitative estimate of drug-likeness (QED) is 0.595. The van der Waals surface area contributed by atoms with Crippen molar-refractivity contribution in [3.05, 3.63) is 12.2 Å². The Labute approximate surface area is 106 Å². The van der Waals surface area contributed by atoms with E-state index in [0.29, 0.717) is 13.2 Å². The van der Waals surface area contributed by atoms with E-state index in [9.17, 15) is 9.59 Å². The minimum Gasteiger partial charge on any atom is -0.465 e. The van der Waals surface area contributed by atoms with E-state index in [0.717, 1.165) is 0 Å². The minimum atomic E-state index is -0.978. The molecule has 102 valence electrons. The molecule has 0 aromatic rings. The Morgan fingerprint density at radius 3 is 2.67 bits per heavy atom. The Kier molecular flexibility index (Phi) is 4.72. The van der Waals surface area contributed by atoms with Gasteiger partial charge in [0.2, 0.25) is 0 Å². The van der Waals surface area contributed by atoms with Gasteiger partial charge in [-0.3, -0.25) is 0 Å². The lowest BCUT2D eigenvalue weighted by Crippen LogP contribution is -2.44. The number of amides is 1. The third-order valence-corrected chi connectivity index (χ3v) is 2.22. The molecule has 6 nitrogen and oxygen atoms in total. The van der Waals surface area contributed by atoms with Gasteiger partial charge in [-0.1, -0.05) is 0 Å². The van der Waals surface area contributed by atoms with Gasteiger partial charge in [-0.15, -0.1) is 0 Å². The summed E-state index contributed by atoms with van der Waals surface area (Å²) in [6.07, 6.45) is 1.43. The summed E-state index contributed by atoms with van der Waals surface area (Å²) in [4.78, 5) is 23.5. The molecule has 1 aliphatic heterocycles. The van der Waals surface area contributed by atoms with Gasteiger partial charge in [0.1, 0.15) is 5.60 Å². The monoisotopic (exact) mass is 257 g/mol. The van der Waals surface area contributed by atoms with Gasteiger partial charge >= 0.3 is 12.1 Å². The number of morpholine rings is 1. The maximum absolute atomic E-state index is 11.4. The Morgan fingerprint density at radius 1 is 1.44 bits per heavy atom. The second-order valence-electron chi connectivity index (χ2n) is 5.03. The molecule has 0 aromatic carbocycles. The number of nitrogens with zero attached hydrogens (tertiary/aromatic N) is 1. The Morgan fingerprint density at radius 2 is 2.11 bits per heavy atom. The van der Waals surface area contributed by atoms with E-state index in [1.807, 2.05) is 0 Å². The summed E-state index contributed by atoms with van der Waals surface area (Å²) in [5.41, 5.74) is -0.540. The van der Waals surface area contributed by atoms with Crippen LogP contribution in [0.1, 0.15) is 20.8 Å². The number of carboxylic acid groups (broad SMARTS) is 1. The highest BCUT2D eigenvalue weighted by Gasteiger charge is 2.22. The highest BCUT2D eigenvalue weighted by atomic mass is 16.6. The van der Waals surface area contributed by atoms with Gasteiger partial charge in [0.05, 0.1) is 19.3 Å². The largest absolute Gasteiger partial charge is 0.465 e. The van der Waals surface area contributed by atoms with Crippen LogP contribution in [0, 0.1) is 0 Å². The smallest absolute Gasteiger partial charge is 0.407 e. The first kappa shape index (κ1) is 14.5. The van der Waals surface area contributed by atoms with Crippen LogP contribution in [0.5, 0.6) is 0 Å². The van der Waals surface area contributed by atoms with Crippen LogP contribution in [-0.4, -0.2) is 53.5 Å². The molecule has 0 aliphatic carbocycles. The summed E-state index contributed by atoms with van der Waals surface area (Å²) in [6, 6.07) is 0. The van der Waals surface area contributed by atoms with E-state index in [2.05, 4.69) is 0 Å². The van der Waals surface area contributed by atoms with Gasteiger partial charge in [-0.2, -0.15) is 0 Å². The molecule has 6 heteroatoms. The zero-order valence-electron chi connectivity index (χ0n) is 10.9. The second-order valence-corrected chi connectivity index (χ2v) is 5.03. The summed E-state index contributed by atoms with van der Waals surface area (Å²) in [5.74, 6) is -0.460. The van der Waals surface area contributed by atoms with Crippen molar-refractivity contribution in [3.8, 4) is 0 Å². The van der Waals surface area contributed by atoms with E-state index in [1.54, 1.807) is 20.8 Å². The molecule has 1 amide bonds. The van der Waals surface area contributed by atoms with Crippen LogP contribution in [0.15, 0.2) is 12.2 Å². The minimum absolute atomic E-state index is 0.231. The number of hydrogen-bond acceptors (Lipinski definition) is 4. The summed E-state index contributed by atoms with van der Waals surface area (Å²) in [6.45, 7) is 6.25. The molecule has 18 heavy (non-hydrogen) atoms. The van der Waals surface area contributed by atoms with Gasteiger partial charge in [-0.05, 0) is 26.8 Å². The van der Waals surface area contributed by atoms with Crippen molar-refractivity contribution >= 4 is 12.1 Å². The highest BCUT2D eigenvalue weighted by Crippen LogP contribution is 2.09. The van der Waals surface area contributed by atoms with Crippen LogP contribution in [0.4, 0.5) is 4.79 Å². The standard InChI is InChI=1S/C12H19NO5/c1-12(2,3)18-10(14)5-4-9-8-13(11(15)16)6-7-17-9/h4-5,9H,6-8H2,1-3H3,(H,15,16)/b5-4+. The fourth-order valence-corrected chi connectivity index (χ4v) is 1.49. The van der Waals surface area contributed by atoms with Crippen molar-refractivity contribution < 1.29 is 24.2 Å². The molecule has 1 atom stereocenters. The molecule has 1 fully saturated rings. The van der Waals surface area contributed by atoms with Crippen molar-refractivity contribution in [2.75, 3.05) is 19.7 Å². The maximum atomic E-state index is 11.4. The molecule has 1 rings (SSSR count). The Hall–Kier alpha value is -1.56. The van der Waals surface area contributed by atoms with Gasteiger partial charge < -0.3 is 19.5 Å². The van der Waals surface area contributed by atoms with E-state index >= 15 is 0 Å². The van der Waals surface area contributed by atoms with E-state index in [-0.39, 0.29) is 6.54 Å². The van der Waals surface area contributed by atoms with Crippen molar-refractivity contribution in [1.29, 1.82) is 0 Å². The van der Waals surface area contributed by atoms with Crippen LogP contribution in [0.2, 0.25) is 0 Å². The normalized spacial score (nSPS) is 21.1. The molecule has 1 unspecified atom stereocenters. The third kappa shape index (κ3) is 5.18. The van der Waals surface area contributed by atoms with Gasteiger partial charge in [-0.25, -0.2) is 9.59 Å². The Bertz CT molecular complexity index is 345. The molecule has 0 bridgehead atoms. The topological polar surface area (TPSA) is 76.1 Å². The van der Waals surface area contributed by atoms with Gasteiger partial charge in [0.25, 0.3) is 0 Å². The lowest BCUT2D eigenvalue weighted by atomic mass is 10.2. The molecular formula is C12H19NO5. The predicted molar refractivity (Wildman–Crippen MR) is 64.3 cm³/mol. The number of hydrogen-bond donors (Lipinski definition) is 1. The summed E-state index contributed by atoms with van der Waals surface area (Å²) < 4.78 is 10.4. The molecule has 1 aliphatic rings. The average molecular weight is 257 g/mol. The second kappa shape index (κ2) is 5.86. The zero-order chi connectivity index (χ0) is 13.8. The third-order valence-electron chi connectivity index (χ3n) is 2.22. The molecule has 0 saturated carbocycles. The van der Waals surface area contributed by atoms with E-state index < -0.39 is 23.8 Å². The number of carbonyl (C=O) groups is 2. The summed E-state index contributed by atoms with van der Waals surface area (Å²) >= 11 is 0.